The van der Waals surface area contributed by atoms with Crippen molar-refractivity contribution in [3.63, 3.8) is 0 Å². The average Bonchev–Trinajstić information content (AvgIpc) is 2.03. The highest BCUT2D eigenvalue weighted by molar-refractivity contribution is 7.13. The molecule has 5 aliphatic rings. The number of β-amino-alcohol motifs (C(OH)–C–C–N with tert-alkyl or cyclic N) is 1. The van der Waals surface area contributed by atoms with Crippen LogP contribution >= 0.6 is 11.3 Å². The number of benzene rings is 4. The highest BCUT2D eigenvalue weighted by Crippen LogP contribution is 2.54. The Morgan fingerprint density at radius 2 is 1.78 bits per heavy atom. The molecule has 82 heavy (non-hydrogen) atoms. The number of amides is 2. The molecule has 5 fully saturated rings. The van der Waals surface area contributed by atoms with Crippen molar-refractivity contribution in [1.82, 2.24) is 55.7 Å². The van der Waals surface area contributed by atoms with Gasteiger partial charge < -0.3 is 44.9 Å². The topological polar surface area (TPSA) is 231 Å². The third kappa shape index (κ3) is 10.1. The van der Waals surface area contributed by atoms with E-state index in [-0.39, 0.29) is 60.8 Å². The zero-order chi connectivity index (χ0) is 56.5. The summed E-state index contributed by atoms with van der Waals surface area (Å²) in [6.07, 6.45) is 6.29. The van der Waals surface area contributed by atoms with Gasteiger partial charge in [0, 0.05) is 78.4 Å². The van der Waals surface area contributed by atoms with Crippen LogP contribution in [-0.2, 0) is 20.9 Å². The van der Waals surface area contributed by atoms with Gasteiger partial charge >= 0.3 is 6.01 Å². The second kappa shape index (κ2) is 22.0. The number of fused-ring (bicyclic) bond motifs is 4. The molecule has 4 saturated heterocycles. The molecule has 0 spiro atoms. The first-order valence-corrected chi connectivity index (χ1v) is 29.2. The van der Waals surface area contributed by atoms with Crippen LogP contribution in [0.2, 0.25) is 0 Å². The Hall–Kier alpha value is -7.50. The standard InChI is InChI=1S/C60H64F2N12O7S/c1-30(2)54(59(78)73-25-39(76)19-50(73)58(77)66-49(27-75)35-8-10-36(11-9-35)56-32(4)64-29-82-56)74-26-48(70-71-74)41-12-5-33(17-46(41)62)28-80-55-52(51-31(3)45(61)21-47-44(51)23-65-69-47)42(34-6-7-34)20-43-53(55)67-60(81-40-13-15-79-16-14-40)68-57(43)72-24-37-18-38(72)22-63-37/h5,8-12,17,20-21,23,26,29-30,34,37-40,49-50,54,63,75-76H,6-7,13-16,18-19,22,24-25,27-28H2,1-4H3,(H,65,69)(H,66,77)/t37-,38-,39+,49?,50-,54?/m0/s1. The first-order chi connectivity index (χ1) is 39.8. The van der Waals surface area contributed by atoms with Gasteiger partial charge in [-0.25, -0.2) is 18.4 Å². The minimum atomic E-state index is -1.04. The van der Waals surface area contributed by atoms with Gasteiger partial charge in [0.2, 0.25) is 11.8 Å². The maximum absolute atomic E-state index is 16.8. The van der Waals surface area contributed by atoms with Crippen LogP contribution in [0, 0.1) is 31.4 Å². The molecular weight excluding hydrogens is 1070 g/mol. The fourth-order valence-corrected chi connectivity index (χ4v) is 13.3. The number of aromatic amines is 1. The van der Waals surface area contributed by atoms with Crippen LogP contribution in [0.15, 0.2) is 72.5 Å². The normalized spacial score (nSPS) is 20.8. The van der Waals surface area contributed by atoms with E-state index in [1.54, 1.807) is 30.8 Å². The lowest BCUT2D eigenvalue weighted by Gasteiger charge is -2.31. The van der Waals surface area contributed by atoms with Crippen LogP contribution in [0.3, 0.4) is 0 Å². The van der Waals surface area contributed by atoms with E-state index in [0.717, 1.165) is 70.6 Å². The Morgan fingerprint density at radius 3 is 2.49 bits per heavy atom. The molecule has 1 aliphatic carbocycles. The summed E-state index contributed by atoms with van der Waals surface area (Å²) in [5.74, 6) is -1.05. The number of halogens is 2. The Bertz CT molecular complexity index is 3730. The lowest BCUT2D eigenvalue weighted by molar-refractivity contribution is -0.142. The van der Waals surface area contributed by atoms with Crippen molar-refractivity contribution in [3.8, 4) is 44.6 Å². The maximum Gasteiger partial charge on any atom is 0.319 e. The second-order valence-corrected chi connectivity index (χ2v) is 23.7. The summed E-state index contributed by atoms with van der Waals surface area (Å²) in [7, 11) is 0. The molecule has 2 bridgehead atoms. The van der Waals surface area contributed by atoms with Crippen molar-refractivity contribution >= 4 is 50.8 Å². The molecule has 2 unspecified atom stereocenters. The van der Waals surface area contributed by atoms with Crippen LogP contribution in [0.1, 0.15) is 98.3 Å². The molecule has 5 N–H and O–H groups in total. The number of carbonyl (C=O) groups is 2. The van der Waals surface area contributed by atoms with Gasteiger partial charge in [-0.05, 0) is 97.0 Å². The van der Waals surface area contributed by atoms with Gasteiger partial charge in [-0.3, -0.25) is 14.7 Å². The number of hydrogen-bond acceptors (Lipinski definition) is 16. The minimum absolute atomic E-state index is 0.00559. The molecule has 0 radical (unpaired) electrons. The van der Waals surface area contributed by atoms with Crippen molar-refractivity contribution in [2.45, 2.75) is 121 Å². The number of piperazine rings is 1. The molecule has 6 atom stereocenters. The molecule has 22 heteroatoms. The Balaban J connectivity index is 0.797. The lowest BCUT2D eigenvalue weighted by Crippen LogP contribution is -2.50. The Morgan fingerprint density at radius 1 is 0.963 bits per heavy atom. The third-order valence-electron chi connectivity index (χ3n) is 17.0. The van der Waals surface area contributed by atoms with Crippen LogP contribution in [0.5, 0.6) is 11.8 Å². The number of aliphatic hydroxyl groups is 2. The van der Waals surface area contributed by atoms with Gasteiger partial charge in [0.15, 0.2) is 5.75 Å². The number of likely N-dealkylation sites (tertiary alicyclic amines) is 1. The first kappa shape index (κ1) is 53.8. The molecular formula is C60H64F2N12O7S. The van der Waals surface area contributed by atoms with E-state index >= 15 is 8.78 Å². The zero-order valence-electron chi connectivity index (χ0n) is 45.9. The largest absolute Gasteiger partial charge is 0.486 e. The van der Waals surface area contributed by atoms with Gasteiger partial charge in [0.05, 0.1) is 66.0 Å². The minimum Gasteiger partial charge on any atom is -0.486 e. The number of ether oxygens (including phenoxy) is 3. The number of rotatable bonds is 17. The number of nitrogens with one attached hydrogen (secondary N) is 3. The van der Waals surface area contributed by atoms with Crippen molar-refractivity contribution in [1.29, 1.82) is 0 Å². The van der Waals surface area contributed by atoms with Crippen LogP contribution < -0.4 is 25.0 Å². The summed E-state index contributed by atoms with van der Waals surface area (Å²) in [6, 6.07) is 13.8. The van der Waals surface area contributed by atoms with Gasteiger partial charge in [-0.2, -0.15) is 15.1 Å². The maximum atomic E-state index is 16.8. The number of anilines is 1. The highest BCUT2D eigenvalue weighted by Gasteiger charge is 2.44. The summed E-state index contributed by atoms with van der Waals surface area (Å²) >= 11 is 1.53. The number of aliphatic hydroxyl groups excluding tert-OH is 2. The van der Waals surface area contributed by atoms with Crippen molar-refractivity contribution < 1.29 is 42.8 Å². The summed E-state index contributed by atoms with van der Waals surface area (Å²) < 4.78 is 53.6. The van der Waals surface area contributed by atoms with Crippen molar-refractivity contribution in [3.05, 3.63) is 112 Å². The van der Waals surface area contributed by atoms with Crippen LogP contribution in [0.25, 0.3) is 54.6 Å². The molecule has 4 aliphatic heterocycles. The predicted octanol–water partition coefficient (Wildman–Crippen LogP) is 8.02. The second-order valence-electron chi connectivity index (χ2n) is 22.8. The highest BCUT2D eigenvalue weighted by atomic mass is 32.1. The third-order valence-corrected chi connectivity index (χ3v) is 17.9. The number of aryl methyl sites for hydroxylation is 1. The smallest absolute Gasteiger partial charge is 0.319 e. The van der Waals surface area contributed by atoms with Crippen molar-refractivity contribution in [2.24, 2.45) is 5.92 Å². The number of carbonyl (C=O) groups excluding carboxylic acids is 2. The molecule has 4 aromatic heterocycles. The molecule has 2 amide bonds. The number of hydrogen-bond donors (Lipinski definition) is 5. The van der Waals surface area contributed by atoms with E-state index in [2.05, 4.69) is 47.1 Å². The van der Waals surface area contributed by atoms with Gasteiger partial charge in [-0.1, -0.05) is 49.4 Å². The van der Waals surface area contributed by atoms with Crippen molar-refractivity contribution in [2.75, 3.05) is 44.4 Å². The van der Waals surface area contributed by atoms with E-state index in [1.807, 2.05) is 45.0 Å². The van der Waals surface area contributed by atoms with Gasteiger partial charge in [0.1, 0.15) is 53.5 Å². The Labute approximate surface area is 475 Å². The summed E-state index contributed by atoms with van der Waals surface area (Å²) in [4.78, 5) is 48.0. The lowest BCUT2D eigenvalue weighted by atomic mass is 9.88. The molecule has 1 saturated carbocycles. The number of aromatic nitrogens is 8. The average molecular weight is 1140 g/mol. The fraction of sp³-hybridized carbons (Fsp3) is 0.433. The molecule has 19 nitrogen and oxygen atoms in total. The van der Waals surface area contributed by atoms with E-state index in [1.165, 1.54) is 39.2 Å². The molecule has 4 aromatic carbocycles. The molecule has 426 valence electrons. The van der Waals surface area contributed by atoms with E-state index in [9.17, 15) is 19.8 Å². The summed E-state index contributed by atoms with van der Waals surface area (Å²) in [5, 5.41) is 45.4. The quantitative estimate of drug-likeness (QED) is 0.0581. The molecule has 8 aromatic rings. The number of nitrogens with zero attached hydrogens (tertiary/aromatic N) is 9. The Kier molecular flexibility index (Phi) is 14.4. The zero-order valence-corrected chi connectivity index (χ0v) is 46.8. The predicted molar refractivity (Wildman–Crippen MR) is 303 cm³/mol. The number of thiazole rings is 1. The number of H-pyrrole nitrogens is 1. The summed E-state index contributed by atoms with van der Waals surface area (Å²) in [5.41, 5.74) is 8.90. The van der Waals surface area contributed by atoms with Crippen LogP contribution in [0.4, 0.5) is 14.6 Å². The van der Waals surface area contributed by atoms with Crippen LogP contribution in [-0.4, -0.2) is 137 Å². The van der Waals surface area contributed by atoms with Gasteiger partial charge in [-0.15, -0.1) is 16.4 Å². The van der Waals surface area contributed by atoms with Gasteiger partial charge in [0.25, 0.3) is 0 Å². The summed E-state index contributed by atoms with van der Waals surface area (Å²) in [6.45, 7) is 9.49. The van der Waals surface area contributed by atoms with E-state index in [0.29, 0.717) is 76.7 Å². The van der Waals surface area contributed by atoms with E-state index < -0.39 is 54.3 Å². The van der Waals surface area contributed by atoms with E-state index in [4.69, 9.17) is 24.2 Å². The monoisotopic (exact) mass is 1130 g/mol. The molecule has 8 heterocycles. The molecule has 13 rings (SSSR count). The first-order valence-electron chi connectivity index (χ1n) is 28.3. The fourth-order valence-electron chi connectivity index (χ4n) is 12.5. The SMILES string of the molecule is Cc1ncsc1-c1ccc(C(CO)NC(=O)[C@@H]2C[C@@H](O)CN2C(=O)C(C(C)C)n2cc(-c3ccc(COc4c(-c5c(C)c(F)cc6[nH]ncc56)c(C5CC5)cc5c(N6C[C@@H]7C[C@H]6CN7)nc(OC6CCOCC6)nc45)cc3F)nn2)cc1.